The molecule has 1 saturated heterocycles. The molecule has 0 saturated carbocycles. The molecule has 2 rings (SSSR count). The molecule has 0 aliphatic carbocycles. The first-order valence-corrected chi connectivity index (χ1v) is 7.99. The zero-order chi connectivity index (χ0) is 13.8. The molecule has 0 aromatic heterocycles. The molecular weight excluding hydrogens is 330 g/mol. The first-order valence-electron chi connectivity index (χ1n) is 6.49. The van der Waals surface area contributed by atoms with Gasteiger partial charge >= 0.3 is 0 Å². The number of phenols is 1. The Morgan fingerprint density at radius 2 is 2.32 bits per heavy atom. The van der Waals surface area contributed by atoms with Crippen molar-refractivity contribution in [1.82, 2.24) is 4.90 Å². The van der Waals surface area contributed by atoms with E-state index in [1.54, 1.807) is 12.1 Å². The van der Waals surface area contributed by atoms with Crippen LogP contribution < -0.4 is 0 Å². The lowest BCUT2D eigenvalue weighted by Gasteiger charge is -2.25. The zero-order valence-electron chi connectivity index (χ0n) is 10.6. The molecule has 1 aromatic rings. The van der Waals surface area contributed by atoms with E-state index in [9.17, 15) is 9.90 Å². The molecule has 1 aliphatic heterocycles. The van der Waals surface area contributed by atoms with Crippen molar-refractivity contribution in [3.8, 4) is 5.75 Å². The third kappa shape index (κ3) is 3.42. The summed E-state index contributed by atoms with van der Waals surface area (Å²) < 4.78 is 0. The van der Waals surface area contributed by atoms with E-state index in [2.05, 4.69) is 15.9 Å². The van der Waals surface area contributed by atoms with Gasteiger partial charge in [0.15, 0.2) is 0 Å². The summed E-state index contributed by atoms with van der Waals surface area (Å²) in [5.74, 6) is -0.130. The lowest BCUT2D eigenvalue weighted by atomic mass is 10.1. The number of aromatic hydroxyl groups is 1. The van der Waals surface area contributed by atoms with Crippen LogP contribution in [0.5, 0.6) is 5.75 Å². The summed E-state index contributed by atoms with van der Waals surface area (Å²) in [4.78, 5) is 14.3. The van der Waals surface area contributed by atoms with Gasteiger partial charge in [-0.1, -0.05) is 27.5 Å². The van der Waals surface area contributed by atoms with E-state index < -0.39 is 0 Å². The smallest absolute Gasteiger partial charge is 0.257 e. The minimum atomic E-state index is -0.0914. The van der Waals surface area contributed by atoms with Crippen molar-refractivity contribution in [2.75, 3.05) is 11.9 Å². The molecular formula is C14H17BrClNO2. The molecule has 5 heteroatoms. The molecule has 1 aliphatic rings. The molecule has 1 aromatic carbocycles. The van der Waals surface area contributed by atoms with Gasteiger partial charge in [-0.05, 0) is 43.9 Å². The molecule has 1 unspecified atom stereocenters. The van der Waals surface area contributed by atoms with Crippen LogP contribution in [-0.2, 0) is 0 Å². The first-order chi connectivity index (χ1) is 9.13. The third-order valence-electron chi connectivity index (χ3n) is 3.50. The van der Waals surface area contributed by atoms with E-state index >= 15 is 0 Å². The van der Waals surface area contributed by atoms with Gasteiger partial charge in [-0.15, -0.1) is 0 Å². The van der Waals surface area contributed by atoms with Crippen LogP contribution in [0.15, 0.2) is 18.2 Å². The fraction of sp³-hybridized carbons (Fsp3) is 0.500. The summed E-state index contributed by atoms with van der Waals surface area (Å²) >= 11 is 9.21. The highest BCUT2D eigenvalue weighted by Crippen LogP contribution is 2.28. The maximum Gasteiger partial charge on any atom is 0.257 e. The minimum absolute atomic E-state index is 0.0383. The molecule has 3 nitrogen and oxygen atoms in total. The second-order valence-electron chi connectivity index (χ2n) is 4.79. The predicted octanol–water partition coefficient (Wildman–Crippen LogP) is 3.83. The number of likely N-dealkylation sites (tertiary alicyclic amines) is 1. The van der Waals surface area contributed by atoms with Crippen molar-refractivity contribution in [3.05, 3.63) is 28.8 Å². The monoisotopic (exact) mass is 345 g/mol. The summed E-state index contributed by atoms with van der Waals surface area (Å²) in [6, 6.07) is 4.94. The van der Waals surface area contributed by atoms with E-state index in [-0.39, 0.29) is 11.7 Å². The maximum atomic E-state index is 12.5. The van der Waals surface area contributed by atoms with E-state index in [0.29, 0.717) is 16.6 Å². The fourth-order valence-corrected chi connectivity index (χ4v) is 3.05. The molecule has 1 N–H and O–H groups in total. The number of hydrogen-bond acceptors (Lipinski definition) is 2. The Bertz CT molecular complexity index is 467. The van der Waals surface area contributed by atoms with Crippen LogP contribution in [0.4, 0.5) is 0 Å². The molecule has 0 spiro atoms. The van der Waals surface area contributed by atoms with E-state index in [4.69, 9.17) is 11.6 Å². The van der Waals surface area contributed by atoms with Crippen molar-refractivity contribution in [1.29, 1.82) is 0 Å². The molecule has 1 heterocycles. The number of amides is 1. The van der Waals surface area contributed by atoms with Gasteiger partial charge in [0.1, 0.15) is 5.75 Å². The number of benzene rings is 1. The molecule has 1 atom stereocenters. The van der Waals surface area contributed by atoms with Crippen LogP contribution in [0.1, 0.15) is 36.0 Å². The lowest BCUT2D eigenvalue weighted by molar-refractivity contribution is 0.0727. The number of carbonyl (C=O) groups excluding carboxylic acids is 1. The van der Waals surface area contributed by atoms with Crippen LogP contribution in [0.2, 0.25) is 5.02 Å². The van der Waals surface area contributed by atoms with Crippen molar-refractivity contribution < 1.29 is 9.90 Å². The van der Waals surface area contributed by atoms with Crippen LogP contribution in [0.25, 0.3) is 0 Å². The molecule has 0 radical (unpaired) electrons. The number of alkyl halides is 1. The average molecular weight is 347 g/mol. The quantitative estimate of drug-likeness (QED) is 0.842. The maximum absolute atomic E-state index is 12.5. The topological polar surface area (TPSA) is 40.5 Å². The Labute approximate surface area is 126 Å². The SMILES string of the molecule is O=C(c1ccc(Cl)cc1O)N1CCCC1CCCBr. The number of carbonyl (C=O) groups is 1. The number of halogens is 2. The highest BCUT2D eigenvalue weighted by atomic mass is 79.9. The second-order valence-corrected chi connectivity index (χ2v) is 6.02. The summed E-state index contributed by atoms with van der Waals surface area (Å²) in [6.07, 6.45) is 4.15. The zero-order valence-corrected chi connectivity index (χ0v) is 13.0. The standard InChI is InChI=1S/C14H17BrClNO2/c15-7-1-3-11-4-2-8-17(11)14(19)12-6-5-10(16)9-13(12)18/h5-6,9,11,18H,1-4,7-8H2. The Morgan fingerprint density at radius 1 is 1.53 bits per heavy atom. The number of nitrogens with zero attached hydrogens (tertiary/aromatic N) is 1. The minimum Gasteiger partial charge on any atom is -0.507 e. The Kier molecular flexibility index (Phi) is 5.11. The van der Waals surface area contributed by atoms with Crippen LogP contribution in [0, 0.1) is 0 Å². The van der Waals surface area contributed by atoms with Crippen molar-refractivity contribution >= 4 is 33.4 Å². The summed E-state index contributed by atoms with van der Waals surface area (Å²) in [5, 5.41) is 11.2. The fourth-order valence-electron chi connectivity index (χ4n) is 2.56. The van der Waals surface area contributed by atoms with Gasteiger partial charge in [-0.2, -0.15) is 0 Å². The van der Waals surface area contributed by atoms with Crippen LogP contribution >= 0.6 is 27.5 Å². The number of phenolic OH excluding ortho intramolecular Hbond substituents is 1. The Hall–Kier alpha value is -0.740. The number of hydrogen-bond donors (Lipinski definition) is 1. The summed E-state index contributed by atoms with van der Waals surface area (Å²) in [5.41, 5.74) is 0.343. The van der Waals surface area contributed by atoms with E-state index in [1.807, 2.05) is 4.90 Å². The van der Waals surface area contributed by atoms with Crippen molar-refractivity contribution in [2.45, 2.75) is 31.7 Å². The van der Waals surface area contributed by atoms with Gasteiger partial charge < -0.3 is 10.0 Å². The average Bonchev–Trinajstić information content (AvgIpc) is 2.83. The van der Waals surface area contributed by atoms with Gasteiger partial charge in [0.2, 0.25) is 0 Å². The molecule has 0 bridgehead atoms. The van der Waals surface area contributed by atoms with Crippen LogP contribution in [0.3, 0.4) is 0 Å². The van der Waals surface area contributed by atoms with Gasteiger partial charge in [0.25, 0.3) is 5.91 Å². The molecule has 104 valence electrons. The van der Waals surface area contributed by atoms with E-state index in [0.717, 1.165) is 37.6 Å². The van der Waals surface area contributed by atoms with Gasteiger partial charge in [-0.3, -0.25) is 4.79 Å². The molecule has 19 heavy (non-hydrogen) atoms. The van der Waals surface area contributed by atoms with Gasteiger partial charge in [0.05, 0.1) is 5.56 Å². The van der Waals surface area contributed by atoms with Crippen LogP contribution in [-0.4, -0.2) is 33.8 Å². The summed E-state index contributed by atoms with van der Waals surface area (Å²) in [6.45, 7) is 0.772. The highest BCUT2D eigenvalue weighted by molar-refractivity contribution is 9.09. The normalized spacial score (nSPS) is 18.8. The Morgan fingerprint density at radius 3 is 3.00 bits per heavy atom. The highest BCUT2D eigenvalue weighted by Gasteiger charge is 2.30. The largest absolute Gasteiger partial charge is 0.507 e. The number of rotatable bonds is 4. The van der Waals surface area contributed by atoms with Gasteiger partial charge in [0, 0.05) is 22.9 Å². The molecule has 1 fully saturated rings. The lowest BCUT2D eigenvalue weighted by Crippen LogP contribution is -2.35. The summed E-state index contributed by atoms with van der Waals surface area (Å²) in [7, 11) is 0. The van der Waals surface area contributed by atoms with Crippen molar-refractivity contribution in [2.24, 2.45) is 0 Å². The van der Waals surface area contributed by atoms with Gasteiger partial charge in [-0.25, -0.2) is 0 Å². The Balaban J connectivity index is 2.13. The second kappa shape index (κ2) is 6.62. The predicted molar refractivity (Wildman–Crippen MR) is 80.2 cm³/mol. The molecule has 1 amide bonds. The first kappa shape index (κ1) is 14.7. The third-order valence-corrected chi connectivity index (χ3v) is 4.29. The van der Waals surface area contributed by atoms with Crippen molar-refractivity contribution in [3.63, 3.8) is 0 Å². The van der Waals surface area contributed by atoms with E-state index in [1.165, 1.54) is 6.07 Å².